The number of aliphatic carboxylic acids is 1. The van der Waals surface area contributed by atoms with E-state index in [1.165, 1.54) is 6.92 Å². The third-order valence-corrected chi connectivity index (χ3v) is 4.99. The van der Waals surface area contributed by atoms with Gasteiger partial charge in [-0.15, -0.1) is 0 Å². The zero-order chi connectivity index (χ0) is 19.2. The molecule has 2 N–H and O–H groups in total. The summed E-state index contributed by atoms with van der Waals surface area (Å²) in [6.07, 6.45) is 3.29. The first kappa shape index (κ1) is 19.9. The van der Waals surface area contributed by atoms with Gasteiger partial charge in [0.2, 0.25) is 5.91 Å². The fourth-order valence-corrected chi connectivity index (χ4v) is 3.19. The molecule has 0 atom stereocenters. The largest absolute Gasteiger partial charge is 0.494 e. The first-order valence-electron chi connectivity index (χ1n) is 9.10. The number of carbonyl (C=O) groups excluding carboxylic acids is 2. The Morgan fingerprint density at radius 3 is 2.35 bits per heavy atom. The van der Waals surface area contributed by atoms with E-state index in [1.807, 2.05) is 0 Å². The van der Waals surface area contributed by atoms with Crippen molar-refractivity contribution < 1.29 is 24.2 Å². The van der Waals surface area contributed by atoms with Crippen LogP contribution in [0, 0.1) is 5.92 Å². The fraction of sp³-hybridized carbons (Fsp3) is 0.550. The summed E-state index contributed by atoms with van der Waals surface area (Å²) in [7, 11) is 0. The lowest BCUT2D eigenvalue weighted by Gasteiger charge is -2.36. The van der Waals surface area contributed by atoms with E-state index < -0.39 is 11.5 Å². The Labute approximate surface area is 153 Å². The Hall–Kier alpha value is -2.37. The van der Waals surface area contributed by atoms with Crippen LogP contribution >= 0.6 is 0 Å². The average molecular weight is 361 g/mol. The number of benzene rings is 1. The summed E-state index contributed by atoms with van der Waals surface area (Å²) in [4.78, 5) is 35.0. The molecule has 0 heterocycles. The number of hydrogen-bond acceptors (Lipinski definition) is 4. The van der Waals surface area contributed by atoms with Crippen molar-refractivity contribution in [2.24, 2.45) is 5.92 Å². The third-order valence-electron chi connectivity index (χ3n) is 4.99. The molecular formula is C20H27NO5. The highest BCUT2D eigenvalue weighted by Crippen LogP contribution is 2.32. The molecule has 1 aromatic carbocycles. The van der Waals surface area contributed by atoms with Crippen molar-refractivity contribution in [1.29, 1.82) is 0 Å². The van der Waals surface area contributed by atoms with Crippen molar-refractivity contribution in [1.82, 2.24) is 5.32 Å². The van der Waals surface area contributed by atoms with E-state index >= 15 is 0 Å². The molecule has 0 unspecified atom stereocenters. The fourth-order valence-electron chi connectivity index (χ4n) is 3.19. The molecule has 6 nitrogen and oxygen atoms in total. The van der Waals surface area contributed by atoms with E-state index in [-0.39, 0.29) is 18.1 Å². The Morgan fingerprint density at radius 2 is 1.81 bits per heavy atom. The van der Waals surface area contributed by atoms with E-state index in [0.717, 1.165) is 12.8 Å². The SMILES string of the molecule is CC(=O)c1ccc(OCCCC(=O)NC2(C(=O)O)CCC(C)CC2)cc1. The Morgan fingerprint density at radius 1 is 1.19 bits per heavy atom. The molecule has 0 saturated heterocycles. The number of nitrogens with one attached hydrogen (secondary N) is 1. The van der Waals surface area contributed by atoms with E-state index in [1.54, 1.807) is 24.3 Å². The molecular weight excluding hydrogens is 334 g/mol. The normalized spacial score (nSPS) is 22.5. The van der Waals surface area contributed by atoms with Gasteiger partial charge < -0.3 is 15.2 Å². The van der Waals surface area contributed by atoms with Gasteiger partial charge in [-0.05, 0) is 69.2 Å². The maximum atomic E-state index is 12.2. The molecule has 0 aliphatic heterocycles. The van der Waals surface area contributed by atoms with Gasteiger partial charge in [-0.3, -0.25) is 9.59 Å². The summed E-state index contributed by atoms with van der Waals surface area (Å²) in [5.41, 5.74) is -0.495. The molecule has 26 heavy (non-hydrogen) atoms. The van der Waals surface area contributed by atoms with Gasteiger partial charge in [0.25, 0.3) is 0 Å². The van der Waals surface area contributed by atoms with Gasteiger partial charge >= 0.3 is 5.97 Å². The van der Waals surface area contributed by atoms with Crippen LogP contribution in [0.3, 0.4) is 0 Å². The molecule has 1 aromatic rings. The van der Waals surface area contributed by atoms with Crippen LogP contribution < -0.4 is 10.1 Å². The zero-order valence-corrected chi connectivity index (χ0v) is 15.4. The molecule has 1 fully saturated rings. The molecule has 1 aliphatic carbocycles. The molecule has 2 rings (SSSR count). The second-order valence-corrected chi connectivity index (χ2v) is 7.15. The lowest BCUT2D eigenvalue weighted by molar-refractivity contribution is -0.149. The van der Waals surface area contributed by atoms with Crippen LogP contribution in [0.15, 0.2) is 24.3 Å². The highest BCUT2D eigenvalue weighted by Gasteiger charge is 2.42. The quantitative estimate of drug-likeness (QED) is 0.548. The summed E-state index contributed by atoms with van der Waals surface area (Å²) in [5, 5.41) is 12.3. The second kappa shape index (κ2) is 8.83. The number of Topliss-reactive ketones (excluding diaryl/α,β-unsaturated/α-hetero) is 1. The molecule has 142 valence electrons. The van der Waals surface area contributed by atoms with Crippen LogP contribution in [0.1, 0.15) is 62.7 Å². The van der Waals surface area contributed by atoms with E-state index in [4.69, 9.17) is 4.74 Å². The number of carbonyl (C=O) groups is 3. The minimum Gasteiger partial charge on any atom is -0.494 e. The van der Waals surface area contributed by atoms with Crippen LogP contribution in [0.25, 0.3) is 0 Å². The van der Waals surface area contributed by atoms with Crippen LogP contribution in [-0.2, 0) is 9.59 Å². The van der Waals surface area contributed by atoms with Crippen LogP contribution in [0.2, 0.25) is 0 Å². The third kappa shape index (κ3) is 5.31. The van der Waals surface area contributed by atoms with E-state index in [2.05, 4.69) is 12.2 Å². The van der Waals surface area contributed by atoms with E-state index in [0.29, 0.717) is 43.1 Å². The monoisotopic (exact) mass is 361 g/mol. The van der Waals surface area contributed by atoms with Crippen molar-refractivity contribution >= 4 is 17.7 Å². The maximum Gasteiger partial charge on any atom is 0.329 e. The summed E-state index contributed by atoms with van der Waals surface area (Å²) in [6.45, 7) is 3.96. The van der Waals surface area contributed by atoms with Crippen LogP contribution in [-0.4, -0.2) is 34.9 Å². The molecule has 1 aliphatic rings. The van der Waals surface area contributed by atoms with Crippen molar-refractivity contribution in [2.45, 2.75) is 57.9 Å². The number of ketones is 1. The molecule has 0 spiro atoms. The minimum atomic E-state index is -1.12. The number of ether oxygens (including phenoxy) is 1. The minimum absolute atomic E-state index is 0.00214. The first-order chi connectivity index (χ1) is 12.3. The Balaban J connectivity index is 1.75. The molecule has 0 radical (unpaired) electrons. The van der Waals surface area contributed by atoms with Gasteiger partial charge in [-0.25, -0.2) is 4.79 Å². The number of carboxylic acids is 1. The molecule has 1 amide bonds. The predicted molar refractivity (Wildman–Crippen MR) is 97.3 cm³/mol. The van der Waals surface area contributed by atoms with Gasteiger partial charge in [0.05, 0.1) is 6.61 Å². The number of rotatable bonds is 8. The summed E-state index contributed by atoms with van der Waals surface area (Å²) < 4.78 is 5.56. The van der Waals surface area contributed by atoms with Gasteiger partial charge in [0.15, 0.2) is 5.78 Å². The number of carboxylic acid groups (broad SMARTS) is 1. The molecule has 6 heteroatoms. The smallest absolute Gasteiger partial charge is 0.329 e. The number of hydrogen-bond donors (Lipinski definition) is 2. The Bertz CT molecular complexity index is 645. The second-order valence-electron chi connectivity index (χ2n) is 7.15. The lowest BCUT2D eigenvalue weighted by atomic mass is 9.77. The molecule has 0 bridgehead atoms. The first-order valence-corrected chi connectivity index (χ1v) is 9.10. The summed E-state index contributed by atoms with van der Waals surface area (Å²) >= 11 is 0. The summed E-state index contributed by atoms with van der Waals surface area (Å²) in [6, 6.07) is 6.84. The number of amides is 1. The lowest BCUT2D eigenvalue weighted by Crippen LogP contribution is -2.56. The van der Waals surface area contributed by atoms with Crippen molar-refractivity contribution in [3.63, 3.8) is 0 Å². The van der Waals surface area contributed by atoms with Gasteiger partial charge in [-0.2, -0.15) is 0 Å². The van der Waals surface area contributed by atoms with Gasteiger partial charge in [0, 0.05) is 12.0 Å². The maximum absolute atomic E-state index is 12.2. The van der Waals surface area contributed by atoms with Crippen LogP contribution in [0.4, 0.5) is 0 Å². The molecule has 0 aromatic heterocycles. The standard InChI is InChI=1S/C20H27NO5/c1-14-9-11-20(12-10-14,19(24)25)21-18(23)4-3-13-26-17-7-5-16(6-8-17)15(2)22/h5-8,14H,3-4,9-13H2,1-2H3,(H,21,23)(H,24,25). The van der Waals surface area contributed by atoms with Crippen molar-refractivity contribution in [3.8, 4) is 5.75 Å². The highest BCUT2D eigenvalue weighted by molar-refractivity contribution is 5.94. The highest BCUT2D eigenvalue weighted by atomic mass is 16.5. The summed E-state index contributed by atoms with van der Waals surface area (Å²) in [5.74, 6) is -0.0596. The Kier molecular flexibility index (Phi) is 6.77. The van der Waals surface area contributed by atoms with E-state index in [9.17, 15) is 19.5 Å². The van der Waals surface area contributed by atoms with Crippen LogP contribution in [0.5, 0.6) is 5.75 Å². The topological polar surface area (TPSA) is 92.7 Å². The van der Waals surface area contributed by atoms with Crippen molar-refractivity contribution in [3.05, 3.63) is 29.8 Å². The average Bonchev–Trinajstić information content (AvgIpc) is 2.61. The zero-order valence-electron chi connectivity index (χ0n) is 15.4. The molecule has 1 saturated carbocycles. The predicted octanol–water partition coefficient (Wildman–Crippen LogP) is 3.20. The van der Waals surface area contributed by atoms with Gasteiger partial charge in [0.1, 0.15) is 11.3 Å². The van der Waals surface area contributed by atoms with Gasteiger partial charge in [-0.1, -0.05) is 6.92 Å². The van der Waals surface area contributed by atoms with Crippen molar-refractivity contribution in [2.75, 3.05) is 6.61 Å².